The summed E-state index contributed by atoms with van der Waals surface area (Å²) in [7, 11) is 0. The maximum Gasteiger partial charge on any atom is 0.339 e. The predicted molar refractivity (Wildman–Crippen MR) is 116 cm³/mol. The SMILES string of the molecule is N#CCn1c(N2CC(O)(C(F)F)C2)c(-c2ccc(F)c(Cl)c2)c(=O)n(-c2cc(Cl)cnn2)c1=O. The van der Waals surface area contributed by atoms with Gasteiger partial charge in [0.2, 0.25) is 0 Å². The molecule has 176 valence electrons. The van der Waals surface area contributed by atoms with E-state index >= 15 is 0 Å². The van der Waals surface area contributed by atoms with Crippen LogP contribution in [0, 0.1) is 17.1 Å². The number of alkyl halides is 2. The normalized spacial score (nSPS) is 14.7. The highest BCUT2D eigenvalue weighted by Gasteiger charge is 2.50. The summed E-state index contributed by atoms with van der Waals surface area (Å²) in [6.07, 6.45) is -1.92. The molecular formula is C20H13Cl2F3N6O3. The predicted octanol–water partition coefficient (Wildman–Crippen LogP) is 2.24. The highest BCUT2D eigenvalue weighted by atomic mass is 35.5. The van der Waals surface area contributed by atoms with Gasteiger partial charge in [-0.05, 0) is 17.7 Å². The molecule has 3 heterocycles. The van der Waals surface area contributed by atoms with Crippen molar-refractivity contribution in [3.8, 4) is 23.0 Å². The van der Waals surface area contributed by atoms with Gasteiger partial charge in [0, 0.05) is 6.07 Å². The van der Waals surface area contributed by atoms with E-state index in [1.54, 1.807) is 6.07 Å². The number of hydrogen-bond acceptors (Lipinski definition) is 7. The lowest BCUT2D eigenvalue weighted by Gasteiger charge is -2.47. The third kappa shape index (κ3) is 3.91. The quantitative estimate of drug-likeness (QED) is 0.556. The molecule has 1 fully saturated rings. The topological polar surface area (TPSA) is 117 Å². The van der Waals surface area contributed by atoms with Gasteiger partial charge in [-0.3, -0.25) is 9.36 Å². The van der Waals surface area contributed by atoms with E-state index in [1.165, 1.54) is 18.3 Å². The molecule has 1 N–H and O–H groups in total. The number of anilines is 1. The number of nitrogens with zero attached hydrogens (tertiary/aromatic N) is 6. The number of hydrogen-bond donors (Lipinski definition) is 1. The molecule has 0 radical (unpaired) electrons. The van der Waals surface area contributed by atoms with Gasteiger partial charge in [-0.15, -0.1) is 5.10 Å². The highest BCUT2D eigenvalue weighted by Crippen LogP contribution is 2.37. The lowest BCUT2D eigenvalue weighted by molar-refractivity contribution is -0.112. The first-order valence-corrected chi connectivity index (χ1v) is 10.3. The molecule has 3 aromatic rings. The molecule has 34 heavy (non-hydrogen) atoms. The van der Waals surface area contributed by atoms with Crippen molar-refractivity contribution in [2.45, 2.75) is 18.6 Å². The Hall–Kier alpha value is -3.40. The van der Waals surface area contributed by atoms with Gasteiger partial charge >= 0.3 is 5.69 Å². The van der Waals surface area contributed by atoms with Crippen LogP contribution in [-0.2, 0) is 6.54 Å². The summed E-state index contributed by atoms with van der Waals surface area (Å²) < 4.78 is 41.8. The Morgan fingerprint density at radius 3 is 2.53 bits per heavy atom. The zero-order chi connectivity index (χ0) is 24.8. The lowest BCUT2D eigenvalue weighted by Crippen LogP contribution is -2.67. The van der Waals surface area contributed by atoms with Crippen LogP contribution in [0.5, 0.6) is 0 Å². The Kier molecular flexibility index (Phi) is 6.11. The summed E-state index contributed by atoms with van der Waals surface area (Å²) >= 11 is 11.8. The van der Waals surface area contributed by atoms with Crippen LogP contribution in [0.25, 0.3) is 16.9 Å². The van der Waals surface area contributed by atoms with Gasteiger partial charge in [0.1, 0.15) is 18.2 Å². The maximum atomic E-state index is 13.8. The first-order valence-electron chi connectivity index (χ1n) is 9.53. The van der Waals surface area contributed by atoms with Gasteiger partial charge in [0.15, 0.2) is 11.4 Å². The molecule has 0 saturated carbocycles. The van der Waals surface area contributed by atoms with Crippen LogP contribution < -0.4 is 16.1 Å². The number of benzene rings is 1. The van der Waals surface area contributed by atoms with Crippen LogP contribution in [0.15, 0.2) is 40.1 Å². The highest BCUT2D eigenvalue weighted by molar-refractivity contribution is 6.31. The Morgan fingerprint density at radius 2 is 1.94 bits per heavy atom. The van der Waals surface area contributed by atoms with E-state index < -0.39 is 48.7 Å². The van der Waals surface area contributed by atoms with Crippen molar-refractivity contribution in [2.75, 3.05) is 18.0 Å². The second-order valence-corrected chi connectivity index (χ2v) is 8.33. The van der Waals surface area contributed by atoms with E-state index in [9.17, 15) is 33.1 Å². The van der Waals surface area contributed by atoms with Gasteiger partial charge < -0.3 is 10.0 Å². The zero-order valence-electron chi connectivity index (χ0n) is 16.9. The number of aliphatic hydroxyl groups is 1. The number of halogens is 5. The fourth-order valence-corrected chi connectivity index (χ4v) is 3.96. The molecule has 2 aromatic heterocycles. The lowest BCUT2D eigenvalue weighted by atomic mass is 9.93. The second-order valence-electron chi connectivity index (χ2n) is 7.49. The van der Waals surface area contributed by atoms with Gasteiger partial charge in [-0.1, -0.05) is 29.3 Å². The first kappa shape index (κ1) is 23.7. The van der Waals surface area contributed by atoms with Crippen molar-refractivity contribution in [1.29, 1.82) is 5.26 Å². The minimum atomic E-state index is -3.09. The van der Waals surface area contributed by atoms with Gasteiger partial charge in [0.05, 0.1) is 41.0 Å². The van der Waals surface area contributed by atoms with Gasteiger partial charge in [-0.2, -0.15) is 10.4 Å². The molecule has 0 bridgehead atoms. The summed E-state index contributed by atoms with van der Waals surface area (Å²) in [5, 5.41) is 26.5. The molecule has 1 aliphatic heterocycles. The molecule has 1 saturated heterocycles. The number of aromatic nitrogens is 4. The van der Waals surface area contributed by atoms with E-state index in [1.807, 2.05) is 0 Å². The van der Waals surface area contributed by atoms with E-state index in [0.717, 1.165) is 21.6 Å². The molecule has 1 aliphatic rings. The molecule has 0 amide bonds. The Morgan fingerprint density at radius 1 is 1.24 bits per heavy atom. The molecule has 0 aliphatic carbocycles. The van der Waals surface area contributed by atoms with Crippen LogP contribution in [0.3, 0.4) is 0 Å². The fraction of sp³-hybridized carbons (Fsp3) is 0.250. The van der Waals surface area contributed by atoms with E-state index in [4.69, 9.17) is 23.2 Å². The summed E-state index contributed by atoms with van der Waals surface area (Å²) in [5.41, 5.74) is -4.59. The molecule has 14 heteroatoms. The van der Waals surface area contributed by atoms with Crippen molar-refractivity contribution in [3.63, 3.8) is 0 Å². The minimum absolute atomic E-state index is 0.0364. The third-order valence-corrected chi connectivity index (χ3v) is 5.72. The Bertz CT molecular complexity index is 1450. The molecule has 4 rings (SSSR count). The van der Waals surface area contributed by atoms with Gasteiger partial charge in [0.25, 0.3) is 12.0 Å². The number of β-amino-alcohol motifs (C(OH)–C–C–N with tert-alkyl or cyclic N) is 1. The Labute approximate surface area is 198 Å². The molecular weight excluding hydrogens is 500 g/mol. The average molecular weight is 513 g/mol. The van der Waals surface area contributed by atoms with Crippen molar-refractivity contribution in [3.05, 3.63) is 67.2 Å². The summed E-state index contributed by atoms with van der Waals surface area (Å²) in [4.78, 5) is 28.1. The second kappa shape index (κ2) is 8.75. The minimum Gasteiger partial charge on any atom is -0.380 e. The largest absolute Gasteiger partial charge is 0.380 e. The van der Waals surface area contributed by atoms with Crippen LogP contribution in [0.2, 0.25) is 10.0 Å². The molecule has 0 spiro atoms. The van der Waals surface area contributed by atoms with Crippen LogP contribution >= 0.6 is 23.2 Å². The maximum absolute atomic E-state index is 13.8. The van der Waals surface area contributed by atoms with Crippen molar-refractivity contribution < 1.29 is 18.3 Å². The molecule has 9 nitrogen and oxygen atoms in total. The van der Waals surface area contributed by atoms with Crippen molar-refractivity contribution in [2.24, 2.45) is 0 Å². The average Bonchev–Trinajstić information content (AvgIpc) is 2.75. The monoisotopic (exact) mass is 512 g/mol. The zero-order valence-corrected chi connectivity index (χ0v) is 18.4. The fourth-order valence-electron chi connectivity index (χ4n) is 3.63. The van der Waals surface area contributed by atoms with E-state index in [0.29, 0.717) is 4.57 Å². The first-order chi connectivity index (χ1) is 16.1. The summed E-state index contributed by atoms with van der Waals surface area (Å²) in [5.74, 6) is -1.26. The van der Waals surface area contributed by atoms with Crippen molar-refractivity contribution in [1.82, 2.24) is 19.3 Å². The number of nitriles is 1. The van der Waals surface area contributed by atoms with Gasteiger partial charge in [-0.25, -0.2) is 22.5 Å². The van der Waals surface area contributed by atoms with Crippen LogP contribution in [0.1, 0.15) is 0 Å². The van der Waals surface area contributed by atoms with Crippen LogP contribution in [0.4, 0.5) is 19.0 Å². The third-order valence-electron chi connectivity index (χ3n) is 5.23. The molecule has 0 atom stereocenters. The molecule has 0 unspecified atom stereocenters. The smallest absolute Gasteiger partial charge is 0.339 e. The standard InChI is InChI=1S/C20H13Cl2F3N6O3/c21-11-6-14(28-27-7-11)31-17(32)15(10-1-2-13(23)12(22)5-10)16(30(4-3-26)19(31)33)29-8-20(34,9-29)18(24)25/h1-2,5-7,18,34H,4,8-9H2. The van der Waals surface area contributed by atoms with Crippen LogP contribution in [-0.4, -0.2) is 49.6 Å². The number of rotatable bonds is 5. The Balaban J connectivity index is 2.07. The molecule has 1 aromatic carbocycles. The van der Waals surface area contributed by atoms with E-state index in [2.05, 4.69) is 10.2 Å². The summed E-state index contributed by atoms with van der Waals surface area (Å²) in [6, 6.07) is 6.27. The van der Waals surface area contributed by atoms with Crippen molar-refractivity contribution >= 4 is 29.0 Å². The summed E-state index contributed by atoms with van der Waals surface area (Å²) in [6.45, 7) is -1.84. The van der Waals surface area contributed by atoms with E-state index in [-0.39, 0.29) is 32.8 Å².